The van der Waals surface area contributed by atoms with Crippen molar-refractivity contribution in [2.75, 3.05) is 11.9 Å². The highest BCUT2D eigenvalue weighted by atomic mass is 16.4. The van der Waals surface area contributed by atoms with E-state index < -0.39 is 0 Å². The Balaban J connectivity index is 2.25. The van der Waals surface area contributed by atoms with E-state index in [4.69, 9.17) is 9.68 Å². The Labute approximate surface area is 111 Å². The normalized spacial score (nSPS) is 9.95. The summed E-state index contributed by atoms with van der Waals surface area (Å²) in [4.78, 5) is 13.7. The molecule has 0 spiro atoms. The molecule has 0 N–H and O–H groups in total. The maximum atomic E-state index is 12.2. The van der Waals surface area contributed by atoms with Gasteiger partial charge in [0.2, 0.25) is 0 Å². The molecule has 4 heteroatoms. The van der Waals surface area contributed by atoms with Gasteiger partial charge in [-0.1, -0.05) is 13.0 Å². The Kier molecular flexibility index (Phi) is 3.67. The van der Waals surface area contributed by atoms with E-state index in [-0.39, 0.29) is 5.91 Å². The van der Waals surface area contributed by atoms with Gasteiger partial charge < -0.3 is 9.32 Å². The number of hydrogen-bond donors (Lipinski definition) is 0. The quantitative estimate of drug-likeness (QED) is 0.846. The first-order chi connectivity index (χ1) is 9.15. The lowest BCUT2D eigenvalue weighted by molar-refractivity contribution is 0.0965. The fourth-order valence-corrected chi connectivity index (χ4v) is 1.75. The standard InChI is InChI=1S/C15H14N2O2/c1-3-13-7-8-14(19-13)15(18)17(2)12-6-4-5-11(9-12)10-16/h4-9H,3H2,1-2H3. The minimum atomic E-state index is -0.227. The summed E-state index contributed by atoms with van der Waals surface area (Å²) in [6.45, 7) is 1.97. The molecular weight excluding hydrogens is 240 g/mol. The Bertz CT molecular complexity index is 638. The van der Waals surface area contributed by atoms with E-state index in [1.807, 2.05) is 6.92 Å². The monoisotopic (exact) mass is 254 g/mol. The van der Waals surface area contributed by atoms with Gasteiger partial charge in [0.1, 0.15) is 5.76 Å². The van der Waals surface area contributed by atoms with E-state index in [0.29, 0.717) is 17.0 Å². The summed E-state index contributed by atoms with van der Waals surface area (Å²) in [6.07, 6.45) is 0.751. The summed E-state index contributed by atoms with van der Waals surface area (Å²) in [7, 11) is 1.66. The van der Waals surface area contributed by atoms with Crippen molar-refractivity contribution < 1.29 is 9.21 Å². The van der Waals surface area contributed by atoms with Crippen molar-refractivity contribution >= 4 is 11.6 Å². The first-order valence-electron chi connectivity index (χ1n) is 6.02. The van der Waals surface area contributed by atoms with Crippen LogP contribution in [0.5, 0.6) is 0 Å². The summed E-state index contributed by atoms with van der Waals surface area (Å²) < 4.78 is 5.44. The molecule has 0 unspecified atom stereocenters. The second-order valence-electron chi connectivity index (χ2n) is 4.15. The van der Waals surface area contributed by atoms with Crippen LogP contribution in [-0.4, -0.2) is 13.0 Å². The summed E-state index contributed by atoms with van der Waals surface area (Å²) >= 11 is 0. The van der Waals surface area contributed by atoms with Crippen molar-refractivity contribution in [3.05, 3.63) is 53.5 Å². The van der Waals surface area contributed by atoms with E-state index in [0.717, 1.165) is 12.2 Å². The van der Waals surface area contributed by atoms with Gasteiger partial charge in [-0.25, -0.2) is 0 Å². The molecule has 2 aromatic rings. The maximum Gasteiger partial charge on any atom is 0.293 e. The van der Waals surface area contributed by atoms with Gasteiger partial charge in [0.15, 0.2) is 5.76 Å². The Hall–Kier alpha value is -2.54. The number of nitriles is 1. The lowest BCUT2D eigenvalue weighted by Gasteiger charge is -2.15. The van der Waals surface area contributed by atoms with Gasteiger partial charge in [0.25, 0.3) is 5.91 Å². The second kappa shape index (κ2) is 5.40. The summed E-state index contributed by atoms with van der Waals surface area (Å²) in [6, 6.07) is 12.4. The largest absolute Gasteiger partial charge is 0.456 e. The molecule has 1 heterocycles. The third-order valence-corrected chi connectivity index (χ3v) is 2.89. The van der Waals surface area contributed by atoms with Crippen LogP contribution in [0.2, 0.25) is 0 Å². The van der Waals surface area contributed by atoms with Gasteiger partial charge in [-0.2, -0.15) is 5.26 Å². The van der Waals surface area contributed by atoms with E-state index in [1.165, 1.54) is 4.90 Å². The van der Waals surface area contributed by atoms with Crippen molar-refractivity contribution in [1.29, 1.82) is 5.26 Å². The van der Waals surface area contributed by atoms with Crippen LogP contribution >= 0.6 is 0 Å². The smallest absolute Gasteiger partial charge is 0.293 e. The Morgan fingerprint density at radius 2 is 2.16 bits per heavy atom. The first-order valence-corrected chi connectivity index (χ1v) is 6.02. The summed E-state index contributed by atoms with van der Waals surface area (Å²) in [5.41, 5.74) is 1.18. The van der Waals surface area contributed by atoms with Crippen LogP contribution in [0.1, 0.15) is 28.8 Å². The minimum Gasteiger partial charge on any atom is -0.456 e. The van der Waals surface area contributed by atoms with Crippen molar-refractivity contribution in [2.24, 2.45) is 0 Å². The lowest BCUT2D eigenvalue weighted by Crippen LogP contribution is -2.25. The van der Waals surface area contributed by atoms with E-state index in [2.05, 4.69) is 6.07 Å². The minimum absolute atomic E-state index is 0.227. The number of benzene rings is 1. The van der Waals surface area contributed by atoms with Crippen molar-refractivity contribution in [1.82, 2.24) is 0 Å². The Morgan fingerprint density at radius 1 is 1.37 bits per heavy atom. The summed E-state index contributed by atoms with van der Waals surface area (Å²) in [5, 5.41) is 8.86. The number of hydrogen-bond acceptors (Lipinski definition) is 3. The van der Waals surface area contributed by atoms with E-state index in [9.17, 15) is 4.79 Å². The maximum absolute atomic E-state index is 12.2. The van der Waals surface area contributed by atoms with E-state index in [1.54, 1.807) is 43.4 Å². The van der Waals surface area contributed by atoms with Crippen LogP contribution in [0.4, 0.5) is 5.69 Å². The molecule has 0 bridgehead atoms. The van der Waals surface area contributed by atoms with Crippen LogP contribution in [0, 0.1) is 11.3 Å². The number of aryl methyl sites for hydroxylation is 1. The van der Waals surface area contributed by atoms with Gasteiger partial charge in [0, 0.05) is 19.2 Å². The molecule has 1 aromatic heterocycles. The first kappa shape index (κ1) is 12.9. The molecular formula is C15H14N2O2. The molecule has 0 atom stereocenters. The zero-order chi connectivity index (χ0) is 13.8. The van der Waals surface area contributed by atoms with Crippen LogP contribution in [-0.2, 0) is 6.42 Å². The number of nitrogens with zero attached hydrogens (tertiary/aromatic N) is 2. The average molecular weight is 254 g/mol. The molecule has 0 aliphatic carbocycles. The van der Waals surface area contributed by atoms with Crippen LogP contribution in [0.15, 0.2) is 40.8 Å². The summed E-state index contributed by atoms with van der Waals surface area (Å²) in [5.74, 6) is 0.860. The van der Waals surface area contributed by atoms with Gasteiger partial charge in [-0.3, -0.25) is 4.79 Å². The van der Waals surface area contributed by atoms with Crippen LogP contribution in [0.25, 0.3) is 0 Å². The third kappa shape index (κ3) is 2.66. The molecule has 1 amide bonds. The zero-order valence-electron chi connectivity index (χ0n) is 10.9. The SMILES string of the molecule is CCc1ccc(C(=O)N(C)c2cccc(C#N)c2)o1. The molecule has 0 aliphatic rings. The van der Waals surface area contributed by atoms with Gasteiger partial charge in [0.05, 0.1) is 11.6 Å². The highest BCUT2D eigenvalue weighted by Gasteiger charge is 2.17. The molecule has 0 fully saturated rings. The fraction of sp³-hybridized carbons (Fsp3) is 0.200. The third-order valence-electron chi connectivity index (χ3n) is 2.89. The molecule has 0 radical (unpaired) electrons. The number of furan rings is 1. The molecule has 96 valence electrons. The fourth-order valence-electron chi connectivity index (χ4n) is 1.75. The van der Waals surface area contributed by atoms with Gasteiger partial charge >= 0.3 is 0 Å². The predicted octanol–water partition coefficient (Wildman–Crippen LogP) is 2.99. The average Bonchev–Trinajstić information content (AvgIpc) is 2.94. The van der Waals surface area contributed by atoms with Crippen molar-refractivity contribution in [2.45, 2.75) is 13.3 Å². The highest BCUT2D eigenvalue weighted by Crippen LogP contribution is 2.18. The van der Waals surface area contributed by atoms with E-state index >= 15 is 0 Å². The molecule has 2 rings (SSSR count). The second-order valence-corrected chi connectivity index (χ2v) is 4.15. The molecule has 0 saturated carbocycles. The number of rotatable bonds is 3. The molecule has 19 heavy (non-hydrogen) atoms. The molecule has 4 nitrogen and oxygen atoms in total. The molecule has 1 aromatic carbocycles. The number of carbonyl (C=O) groups is 1. The molecule has 0 saturated heterocycles. The van der Waals surface area contributed by atoms with Crippen LogP contribution < -0.4 is 4.90 Å². The number of anilines is 1. The predicted molar refractivity (Wildman–Crippen MR) is 72.0 cm³/mol. The van der Waals surface area contributed by atoms with Gasteiger partial charge in [-0.15, -0.1) is 0 Å². The topological polar surface area (TPSA) is 57.2 Å². The molecule has 0 aliphatic heterocycles. The zero-order valence-corrected chi connectivity index (χ0v) is 10.9. The highest BCUT2D eigenvalue weighted by molar-refractivity contribution is 6.03. The number of carbonyl (C=O) groups excluding carboxylic acids is 1. The number of amides is 1. The van der Waals surface area contributed by atoms with Crippen molar-refractivity contribution in [3.8, 4) is 6.07 Å². The Morgan fingerprint density at radius 3 is 2.79 bits per heavy atom. The lowest BCUT2D eigenvalue weighted by atomic mass is 10.2. The van der Waals surface area contributed by atoms with Crippen LogP contribution in [0.3, 0.4) is 0 Å². The van der Waals surface area contributed by atoms with Gasteiger partial charge in [-0.05, 0) is 30.3 Å². The van der Waals surface area contributed by atoms with Crippen molar-refractivity contribution in [3.63, 3.8) is 0 Å².